The van der Waals surface area contributed by atoms with Gasteiger partial charge >= 0.3 is 0 Å². The first-order chi connectivity index (χ1) is 8.98. The molecule has 0 spiro atoms. The van der Waals surface area contributed by atoms with E-state index < -0.39 is 0 Å². The van der Waals surface area contributed by atoms with Crippen molar-refractivity contribution in [3.8, 4) is 0 Å². The van der Waals surface area contributed by atoms with Crippen LogP contribution in [0.3, 0.4) is 0 Å². The van der Waals surface area contributed by atoms with Gasteiger partial charge in [-0.25, -0.2) is 0 Å². The van der Waals surface area contributed by atoms with E-state index in [0.29, 0.717) is 23.2 Å². The number of carbonyl (C=O) groups excluding carboxylic acids is 1. The third-order valence-corrected chi connectivity index (χ3v) is 5.11. The van der Waals surface area contributed by atoms with Gasteiger partial charge < -0.3 is 10.2 Å². The van der Waals surface area contributed by atoms with E-state index in [9.17, 15) is 4.79 Å². The van der Waals surface area contributed by atoms with Crippen LogP contribution in [0.5, 0.6) is 0 Å². The van der Waals surface area contributed by atoms with E-state index in [-0.39, 0.29) is 12.4 Å². The van der Waals surface area contributed by atoms with Gasteiger partial charge in [0.05, 0.1) is 0 Å². The summed E-state index contributed by atoms with van der Waals surface area (Å²) in [5.74, 6) is 1.60. The second-order valence-corrected chi connectivity index (χ2v) is 7.33. The molecule has 1 amide bonds. The van der Waals surface area contributed by atoms with Crippen molar-refractivity contribution in [3.05, 3.63) is 0 Å². The first-order valence-electron chi connectivity index (χ1n) is 7.96. The van der Waals surface area contributed by atoms with Crippen LogP contribution < -0.4 is 5.32 Å². The van der Waals surface area contributed by atoms with Crippen LogP contribution in [0.15, 0.2) is 0 Å². The van der Waals surface area contributed by atoms with Crippen molar-refractivity contribution >= 4 is 18.3 Å². The first-order valence-corrected chi connectivity index (χ1v) is 7.96. The minimum Gasteiger partial charge on any atom is -0.343 e. The zero-order chi connectivity index (χ0) is 13.9. The Bertz CT molecular complexity index is 304. The fourth-order valence-corrected chi connectivity index (χ4v) is 3.30. The van der Waals surface area contributed by atoms with Crippen LogP contribution in [0.25, 0.3) is 0 Å². The smallest absolute Gasteiger partial charge is 0.222 e. The van der Waals surface area contributed by atoms with Crippen molar-refractivity contribution in [2.75, 3.05) is 26.2 Å². The van der Waals surface area contributed by atoms with E-state index in [4.69, 9.17) is 0 Å². The van der Waals surface area contributed by atoms with E-state index in [0.717, 1.165) is 45.4 Å². The van der Waals surface area contributed by atoms with Crippen molar-refractivity contribution in [1.82, 2.24) is 10.2 Å². The molecule has 0 aromatic rings. The Labute approximate surface area is 130 Å². The molecule has 0 radical (unpaired) electrons. The maximum Gasteiger partial charge on any atom is 0.222 e. The molecule has 118 valence electrons. The van der Waals surface area contributed by atoms with Gasteiger partial charge in [-0.3, -0.25) is 4.79 Å². The molecule has 2 fully saturated rings. The Hall–Kier alpha value is -0.280. The lowest BCUT2D eigenvalue weighted by molar-refractivity contribution is -0.134. The molecule has 2 unspecified atom stereocenters. The second-order valence-electron chi connectivity index (χ2n) is 7.33. The van der Waals surface area contributed by atoms with Gasteiger partial charge in [0.2, 0.25) is 5.91 Å². The standard InChI is InChI=1S/C16H30N2O.ClH/c1-13(14-5-4-8-17-12-14)11-15(19)18-9-6-16(2,3)7-10-18;/h13-14,17H,4-12H2,1-3H3;1H. The lowest BCUT2D eigenvalue weighted by atomic mass is 9.82. The predicted octanol–water partition coefficient (Wildman–Crippen LogP) is 3.08. The normalized spacial score (nSPS) is 27.6. The lowest BCUT2D eigenvalue weighted by Gasteiger charge is -2.38. The number of hydrogen-bond acceptors (Lipinski definition) is 2. The number of carbonyl (C=O) groups is 1. The molecule has 2 aliphatic rings. The maximum absolute atomic E-state index is 12.4. The van der Waals surface area contributed by atoms with E-state index >= 15 is 0 Å². The lowest BCUT2D eigenvalue weighted by Crippen LogP contribution is -2.42. The first kappa shape index (κ1) is 17.8. The van der Waals surface area contributed by atoms with E-state index in [1.807, 2.05) is 0 Å². The van der Waals surface area contributed by atoms with Crippen LogP contribution in [-0.4, -0.2) is 37.0 Å². The molecule has 20 heavy (non-hydrogen) atoms. The average Bonchev–Trinajstić information content (AvgIpc) is 2.39. The maximum atomic E-state index is 12.4. The molecule has 2 atom stereocenters. The molecule has 2 aliphatic heterocycles. The molecular weight excluding hydrogens is 272 g/mol. The van der Waals surface area contributed by atoms with Crippen molar-refractivity contribution < 1.29 is 4.79 Å². The summed E-state index contributed by atoms with van der Waals surface area (Å²) in [6, 6.07) is 0. The Morgan fingerprint density at radius 2 is 2.00 bits per heavy atom. The van der Waals surface area contributed by atoms with Crippen LogP contribution in [0.1, 0.15) is 52.9 Å². The Kier molecular flexibility index (Phi) is 6.80. The highest BCUT2D eigenvalue weighted by molar-refractivity contribution is 5.85. The summed E-state index contributed by atoms with van der Waals surface area (Å²) in [4.78, 5) is 14.5. The zero-order valence-electron chi connectivity index (χ0n) is 13.3. The Morgan fingerprint density at radius 1 is 1.35 bits per heavy atom. The Balaban J connectivity index is 0.00000200. The molecule has 4 heteroatoms. The molecule has 0 aromatic carbocycles. The summed E-state index contributed by atoms with van der Waals surface area (Å²) in [7, 11) is 0. The summed E-state index contributed by atoms with van der Waals surface area (Å²) in [5, 5.41) is 3.45. The molecular formula is C16H31ClN2O. The predicted molar refractivity (Wildman–Crippen MR) is 86.2 cm³/mol. The molecule has 0 aliphatic carbocycles. The largest absolute Gasteiger partial charge is 0.343 e. The zero-order valence-corrected chi connectivity index (χ0v) is 14.1. The molecule has 0 aromatic heterocycles. The number of rotatable bonds is 3. The van der Waals surface area contributed by atoms with E-state index in [2.05, 4.69) is 31.0 Å². The van der Waals surface area contributed by atoms with Crippen molar-refractivity contribution in [2.45, 2.75) is 52.9 Å². The molecule has 0 bridgehead atoms. The number of nitrogens with one attached hydrogen (secondary N) is 1. The summed E-state index contributed by atoms with van der Waals surface area (Å²) in [5.41, 5.74) is 0.426. The summed E-state index contributed by atoms with van der Waals surface area (Å²) in [6.07, 6.45) is 5.60. The summed E-state index contributed by atoms with van der Waals surface area (Å²) >= 11 is 0. The van der Waals surface area contributed by atoms with E-state index in [1.54, 1.807) is 0 Å². The van der Waals surface area contributed by atoms with Crippen molar-refractivity contribution in [3.63, 3.8) is 0 Å². The van der Waals surface area contributed by atoms with Gasteiger partial charge in [-0.1, -0.05) is 20.8 Å². The molecule has 0 saturated carbocycles. The summed E-state index contributed by atoms with van der Waals surface area (Å²) in [6.45, 7) is 11.0. The minimum atomic E-state index is 0. The fourth-order valence-electron chi connectivity index (χ4n) is 3.30. The molecule has 3 nitrogen and oxygen atoms in total. The number of hydrogen-bond donors (Lipinski definition) is 1. The van der Waals surface area contributed by atoms with Crippen LogP contribution in [0.4, 0.5) is 0 Å². The molecule has 1 N–H and O–H groups in total. The van der Waals surface area contributed by atoms with Crippen molar-refractivity contribution in [2.24, 2.45) is 17.3 Å². The number of likely N-dealkylation sites (tertiary alicyclic amines) is 1. The van der Waals surface area contributed by atoms with Gasteiger partial charge in [0, 0.05) is 19.5 Å². The van der Waals surface area contributed by atoms with Gasteiger partial charge in [0.1, 0.15) is 0 Å². The van der Waals surface area contributed by atoms with Gasteiger partial charge in [0.25, 0.3) is 0 Å². The fraction of sp³-hybridized carbons (Fsp3) is 0.938. The van der Waals surface area contributed by atoms with Crippen LogP contribution >= 0.6 is 12.4 Å². The summed E-state index contributed by atoms with van der Waals surface area (Å²) < 4.78 is 0. The van der Waals surface area contributed by atoms with E-state index in [1.165, 1.54) is 12.8 Å². The molecule has 2 heterocycles. The van der Waals surface area contributed by atoms with Gasteiger partial charge in [-0.15, -0.1) is 12.4 Å². The third kappa shape index (κ3) is 4.92. The highest BCUT2D eigenvalue weighted by Gasteiger charge is 2.29. The Morgan fingerprint density at radius 3 is 2.55 bits per heavy atom. The monoisotopic (exact) mass is 302 g/mol. The van der Waals surface area contributed by atoms with Gasteiger partial charge in [0.15, 0.2) is 0 Å². The number of amides is 1. The van der Waals surface area contributed by atoms with Crippen molar-refractivity contribution in [1.29, 1.82) is 0 Å². The topological polar surface area (TPSA) is 32.3 Å². The SMILES string of the molecule is CC(CC(=O)N1CCC(C)(C)CC1)C1CCCNC1.Cl. The van der Waals surface area contributed by atoms with Crippen LogP contribution in [0.2, 0.25) is 0 Å². The van der Waals surface area contributed by atoms with Crippen LogP contribution in [0, 0.1) is 17.3 Å². The average molecular weight is 303 g/mol. The third-order valence-electron chi connectivity index (χ3n) is 5.11. The molecule has 2 saturated heterocycles. The number of halogens is 1. The number of nitrogens with zero attached hydrogens (tertiary/aromatic N) is 1. The van der Waals surface area contributed by atoms with Gasteiger partial charge in [-0.05, 0) is 56.0 Å². The quantitative estimate of drug-likeness (QED) is 0.869. The number of piperidine rings is 2. The molecule has 2 rings (SSSR count). The minimum absolute atomic E-state index is 0. The highest BCUT2D eigenvalue weighted by Crippen LogP contribution is 2.31. The second kappa shape index (κ2) is 7.65. The van der Waals surface area contributed by atoms with Crippen LogP contribution in [-0.2, 0) is 4.79 Å². The highest BCUT2D eigenvalue weighted by atomic mass is 35.5. The van der Waals surface area contributed by atoms with Gasteiger partial charge in [-0.2, -0.15) is 0 Å².